The number of amides is 2. The Labute approximate surface area is 182 Å². The Bertz CT molecular complexity index is 1120. The highest BCUT2D eigenvalue weighted by Crippen LogP contribution is 2.27. The number of ether oxygens (including phenoxy) is 2. The number of methoxy groups -OCH3 is 2. The quantitative estimate of drug-likeness (QED) is 0.573. The molecule has 0 bridgehead atoms. The van der Waals surface area contributed by atoms with Crippen molar-refractivity contribution < 1.29 is 14.3 Å². The minimum Gasteiger partial charge on any atom is -0.493 e. The maximum atomic E-state index is 12.7. The summed E-state index contributed by atoms with van der Waals surface area (Å²) in [5, 5.41) is 7.09. The molecule has 0 aliphatic rings. The highest BCUT2D eigenvalue weighted by Gasteiger charge is 2.12. The van der Waals surface area contributed by atoms with Crippen LogP contribution in [0.5, 0.6) is 11.5 Å². The zero-order chi connectivity index (χ0) is 22.4. The van der Waals surface area contributed by atoms with E-state index in [1.807, 2.05) is 36.4 Å². The average molecular weight is 424 g/mol. The zero-order valence-electron chi connectivity index (χ0n) is 18.4. The molecule has 0 saturated carbocycles. The molecule has 0 fully saturated rings. The Morgan fingerprint density at radius 1 is 1.03 bits per heavy atom. The highest BCUT2D eigenvalue weighted by atomic mass is 16.5. The topological polar surface area (TPSA) is 81.6 Å². The first-order valence-electron chi connectivity index (χ1n) is 10.3. The molecule has 1 heterocycles. The molecule has 2 aromatic carbocycles. The van der Waals surface area contributed by atoms with Crippen LogP contribution in [0.25, 0.3) is 10.8 Å². The molecule has 0 atom stereocenters. The molecule has 31 heavy (non-hydrogen) atoms. The van der Waals surface area contributed by atoms with Crippen molar-refractivity contribution in [2.45, 2.75) is 26.8 Å². The number of nitrogens with one attached hydrogen (secondary N) is 2. The fourth-order valence-electron chi connectivity index (χ4n) is 3.49. The number of fused-ring (bicyclic) bond motifs is 1. The number of aromatic nitrogens is 1. The van der Waals surface area contributed by atoms with E-state index >= 15 is 0 Å². The van der Waals surface area contributed by atoms with Gasteiger partial charge in [0.15, 0.2) is 11.5 Å². The largest absolute Gasteiger partial charge is 0.493 e. The summed E-state index contributed by atoms with van der Waals surface area (Å²) in [6.07, 6.45) is 2.36. The zero-order valence-corrected chi connectivity index (χ0v) is 18.4. The van der Waals surface area contributed by atoms with Crippen molar-refractivity contribution in [1.29, 1.82) is 0 Å². The van der Waals surface area contributed by atoms with Gasteiger partial charge in [0, 0.05) is 30.1 Å². The second-order valence-corrected chi connectivity index (χ2v) is 7.76. The van der Waals surface area contributed by atoms with Crippen LogP contribution in [0.1, 0.15) is 19.4 Å². The van der Waals surface area contributed by atoms with Gasteiger partial charge in [0.1, 0.15) is 0 Å². The number of benzene rings is 2. The maximum Gasteiger partial charge on any atom is 0.319 e. The lowest BCUT2D eigenvalue weighted by atomic mass is 10.1. The van der Waals surface area contributed by atoms with E-state index in [9.17, 15) is 9.59 Å². The molecule has 2 N–H and O–H groups in total. The summed E-state index contributed by atoms with van der Waals surface area (Å²) in [5.74, 6) is 1.63. The van der Waals surface area contributed by atoms with E-state index in [0.717, 1.165) is 10.9 Å². The third kappa shape index (κ3) is 5.36. The van der Waals surface area contributed by atoms with E-state index in [1.165, 1.54) is 0 Å². The Morgan fingerprint density at radius 3 is 2.42 bits per heavy atom. The van der Waals surface area contributed by atoms with Crippen molar-refractivity contribution in [2.75, 3.05) is 26.1 Å². The number of rotatable bonds is 8. The normalized spacial score (nSPS) is 10.9. The number of hydrogen-bond donors (Lipinski definition) is 2. The third-order valence-electron chi connectivity index (χ3n) is 4.95. The van der Waals surface area contributed by atoms with Gasteiger partial charge in [-0.2, -0.15) is 0 Å². The van der Waals surface area contributed by atoms with Gasteiger partial charge in [-0.1, -0.05) is 38.1 Å². The maximum absolute atomic E-state index is 12.7. The molecule has 0 unspecified atom stereocenters. The van der Waals surface area contributed by atoms with E-state index in [4.69, 9.17) is 9.47 Å². The molecule has 164 valence electrons. The summed E-state index contributed by atoms with van der Waals surface area (Å²) in [5.41, 5.74) is 1.58. The summed E-state index contributed by atoms with van der Waals surface area (Å²) < 4.78 is 12.2. The molecule has 0 saturated heterocycles. The van der Waals surface area contributed by atoms with Gasteiger partial charge in [-0.3, -0.25) is 4.79 Å². The molecule has 3 aromatic rings. The Kier molecular flexibility index (Phi) is 7.18. The number of carbonyl (C=O) groups excluding carboxylic acids is 1. The van der Waals surface area contributed by atoms with E-state index < -0.39 is 0 Å². The Hall–Kier alpha value is -3.48. The highest BCUT2D eigenvalue weighted by molar-refractivity contribution is 6.00. The molecule has 3 rings (SSSR count). The van der Waals surface area contributed by atoms with Gasteiger partial charge in [-0.25, -0.2) is 4.79 Å². The number of carbonyl (C=O) groups is 1. The first kappa shape index (κ1) is 22.2. The lowest BCUT2D eigenvalue weighted by Gasteiger charge is -2.15. The van der Waals surface area contributed by atoms with Crippen LogP contribution < -0.4 is 25.7 Å². The number of pyridine rings is 1. The van der Waals surface area contributed by atoms with E-state index in [1.54, 1.807) is 31.0 Å². The first-order valence-corrected chi connectivity index (χ1v) is 10.3. The molecule has 1 aromatic heterocycles. The number of nitrogens with zero attached hydrogens (tertiary/aromatic N) is 1. The Morgan fingerprint density at radius 2 is 1.74 bits per heavy atom. The van der Waals surface area contributed by atoms with E-state index in [2.05, 4.69) is 24.5 Å². The van der Waals surface area contributed by atoms with Crippen LogP contribution in [0, 0.1) is 5.92 Å². The van der Waals surface area contributed by atoms with Gasteiger partial charge in [-0.15, -0.1) is 0 Å². The van der Waals surface area contributed by atoms with Crippen molar-refractivity contribution in [3.8, 4) is 11.5 Å². The van der Waals surface area contributed by atoms with E-state index in [-0.39, 0.29) is 11.6 Å². The molecular formula is C24H29N3O4. The Balaban J connectivity index is 1.70. The van der Waals surface area contributed by atoms with Crippen LogP contribution in [-0.4, -0.2) is 31.4 Å². The van der Waals surface area contributed by atoms with Crippen LogP contribution in [0.3, 0.4) is 0 Å². The molecule has 7 heteroatoms. The van der Waals surface area contributed by atoms with Crippen molar-refractivity contribution in [3.63, 3.8) is 0 Å². The second-order valence-electron chi connectivity index (χ2n) is 7.76. The van der Waals surface area contributed by atoms with Gasteiger partial charge in [0.05, 0.1) is 19.9 Å². The van der Waals surface area contributed by atoms with Gasteiger partial charge in [-0.05, 0) is 36.1 Å². The van der Waals surface area contributed by atoms with Crippen molar-refractivity contribution >= 4 is 22.5 Å². The summed E-state index contributed by atoms with van der Waals surface area (Å²) in [7, 11) is 3.19. The van der Waals surface area contributed by atoms with Crippen molar-refractivity contribution in [2.24, 2.45) is 5.92 Å². The molecule has 2 amide bonds. The van der Waals surface area contributed by atoms with Crippen LogP contribution in [0.15, 0.2) is 53.5 Å². The van der Waals surface area contributed by atoms with Crippen LogP contribution in [0.4, 0.5) is 10.5 Å². The SMILES string of the molecule is COc1ccc(CCNC(=O)Nc2cn(CC(C)C)c(=O)c3ccccc23)cc1OC. The van der Waals surface area contributed by atoms with Gasteiger partial charge in [0.25, 0.3) is 5.56 Å². The average Bonchev–Trinajstić information content (AvgIpc) is 2.76. The molecule has 0 spiro atoms. The molecule has 7 nitrogen and oxygen atoms in total. The summed E-state index contributed by atoms with van der Waals surface area (Å²) in [6.45, 7) is 5.13. The third-order valence-corrected chi connectivity index (χ3v) is 4.95. The van der Waals surface area contributed by atoms with E-state index in [0.29, 0.717) is 48.0 Å². The molecule has 0 aliphatic heterocycles. The lowest BCUT2D eigenvalue weighted by molar-refractivity contribution is 0.252. The summed E-state index contributed by atoms with van der Waals surface area (Å²) >= 11 is 0. The fourth-order valence-corrected chi connectivity index (χ4v) is 3.49. The summed E-state index contributed by atoms with van der Waals surface area (Å²) in [6, 6.07) is 12.7. The number of hydrogen-bond acceptors (Lipinski definition) is 4. The standard InChI is InChI=1S/C24H29N3O4/c1-16(2)14-27-15-20(18-7-5-6-8-19(18)23(27)28)26-24(29)25-12-11-17-9-10-21(30-3)22(13-17)31-4/h5-10,13,15-16H,11-12,14H2,1-4H3,(H2,25,26,29). The fraction of sp³-hybridized carbons (Fsp3) is 0.333. The van der Waals surface area contributed by atoms with Crippen LogP contribution >= 0.6 is 0 Å². The lowest BCUT2D eigenvalue weighted by Crippen LogP contribution is -2.31. The second kappa shape index (κ2) is 10.0. The monoisotopic (exact) mass is 423 g/mol. The molecule has 0 aliphatic carbocycles. The summed E-state index contributed by atoms with van der Waals surface area (Å²) in [4.78, 5) is 25.3. The predicted molar refractivity (Wildman–Crippen MR) is 123 cm³/mol. The smallest absolute Gasteiger partial charge is 0.319 e. The van der Waals surface area contributed by atoms with Gasteiger partial charge < -0.3 is 24.7 Å². The van der Waals surface area contributed by atoms with Gasteiger partial charge in [0.2, 0.25) is 0 Å². The first-order chi connectivity index (χ1) is 14.9. The molecular weight excluding hydrogens is 394 g/mol. The van der Waals surface area contributed by atoms with Gasteiger partial charge >= 0.3 is 6.03 Å². The van der Waals surface area contributed by atoms with Crippen molar-refractivity contribution in [3.05, 3.63) is 64.6 Å². The van der Waals surface area contributed by atoms with Crippen LogP contribution in [0.2, 0.25) is 0 Å². The van der Waals surface area contributed by atoms with Crippen LogP contribution in [-0.2, 0) is 13.0 Å². The number of urea groups is 1. The molecule has 0 radical (unpaired) electrons. The minimum atomic E-state index is -0.319. The van der Waals surface area contributed by atoms with Crippen molar-refractivity contribution in [1.82, 2.24) is 9.88 Å². The predicted octanol–water partition coefficient (Wildman–Crippen LogP) is 4.04. The number of anilines is 1. The minimum absolute atomic E-state index is 0.0521.